The summed E-state index contributed by atoms with van der Waals surface area (Å²) in [6.07, 6.45) is 8.68. The van der Waals surface area contributed by atoms with Gasteiger partial charge in [-0.15, -0.1) is 0 Å². The Labute approximate surface area is 208 Å². The molecule has 0 radical (unpaired) electrons. The van der Waals surface area contributed by atoms with Gasteiger partial charge in [-0.05, 0) is 43.2 Å². The van der Waals surface area contributed by atoms with Crippen molar-refractivity contribution in [1.82, 2.24) is 9.88 Å². The molecule has 1 aromatic heterocycles. The number of hydrogen-bond donors (Lipinski definition) is 1. The summed E-state index contributed by atoms with van der Waals surface area (Å²) in [6, 6.07) is 12.5. The first-order valence-electron chi connectivity index (χ1n) is 11.8. The first-order chi connectivity index (χ1) is 16.5. The predicted molar refractivity (Wildman–Crippen MR) is 137 cm³/mol. The normalized spacial score (nSPS) is 13.0. The molecule has 2 aromatic carbocycles. The topological polar surface area (TPSA) is 79.4 Å². The maximum Gasteiger partial charge on any atom is 0.261 e. The lowest BCUT2D eigenvalue weighted by Crippen LogP contribution is -2.30. The number of fused-ring (bicyclic) bond motifs is 2. The zero-order valence-corrected chi connectivity index (χ0v) is 20.6. The highest BCUT2D eigenvalue weighted by Gasteiger charge is 2.34. The third-order valence-electron chi connectivity index (χ3n) is 6.01. The molecule has 0 aliphatic carbocycles. The van der Waals surface area contributed by atoms with E-state index in [1.54, 1.807) is 30.3 Å². The fourth-order valence-corrected chi connectivity index (χ4v) is 5.35. The summed E-state index contributed by atoms with van der Waals surface area (Å²) in [5, 5.41) is 4.16. The molecule has 3 aromatic rings. The zero-order valence-electron chi connectivity index (χ0n) is 19.0. The summed E-state index contributed by atoms with van der Waals surface area (Å²) in [4.78, 5) is 42.7. The van der Waals surface area contributed by atoms with E-state index < -0.39 is 0 Å². The number of benzene rings is 2. The lowest BCUT2D eigenvalue weighted by atomic mass is 10.1. The van der Waals surface area contributed by atoms with Gasteiger partial charge in [0.1, 0.15) is 0 Å². The van der Waals surface area contributed by atoms with Crippen LogP contribution >= 0.6 is 22.9 Å². The van der Waals surface area contributed by atoms with E-state index >= 15 is 0 Å². The predicted octanol–water partition coefficient (Wildman–Crippen LogP) is 6.70. The van der Waals surface area contributed by atoms with Gasteiger partial charge in [0.2, 0.25) is 5.91 Å². The average Bonchev–Trinajstić information content (AvgIpc) is 3.33. The Balaban J connectivity index is 1.03. The molecule has 0 spiro atoms. The maximum atomic E-state index is 12.3. The lowest BCUT2D eigenvalue weighted by molar-refractivity contribution is -0.116. The number of nitrogens with zero attached hydrogens (tertiary/aromatic N) is 2. The summed E-state index contributed by atoms with van der Waals surface area (Å²) in [6.45, 7) is 0.489. The molecule has 0 saturated carbocycles. The van der Waals surface area contributed by atoms with Crippen molar-refractivity contribution in [1.29, 1.82) is 0 Å². The molecule has 0 atom stereocenters. The number of carbonyl (C=O) groups is 3. The molecule has 3 amide bonds. The van der Waals surface area contributed by atoms with Crippen LogP contribution in [0.15, 0.2) is 42.5 Å². The van der Waals surface area contributed by atoms with Gasteiger partial charge >= 0.3 is 0 Å². The van der Waals surface area contributed by atoms with Gasteiger partial charge in [0.15, 0.2) is 5.13 Å². The maximum absolute atomic E-state index is 12.3. The molecule has 0 saturated heterocycles. The standard InChI is InChI=1S/C26H28ClN3O3S/c27-18-14-15-21-22(17-18)34-26(28-21)29-23(31)13-7-5-3-1-2-4-6-10-16-30-24(32)19-11-8-9-12-20(19)25(30)33/h8-9,11-12,14-15,17H,1-7,10,13,16H2,(H,28,29,31). The highest BCUT2D eigenvalue weighted by atomic mass is 35.5. The van der Waals surface area contributed by atoms with Crippen LogP contribution < -0.4 is 5.32 Å². The molecule has 0 fully saturated rings. The van der Waals surface area contributed by atoms with Gasteiger partial charge < -0.3 is 5.32 Å². The van der Waals surface area contributed by atoms with Gasteiger partial charge in [-0.25, -0.2) is 4.98 Å². The molecule has 1 N–H and O–H groups in total. The Bertz CT molecular complexity index is 1160. The van der Waals surface area contributed by atoms with Gasteiger partial charge in [0.25, 0.3) is 11.8 Å². The van der Waals surface area contributed by atoms with Crippen LogP contribution in [0.1, 0.15) is 78.5 Å². The van der Waals surface area contributed by atoms with Crippen molar-refractivity contribution >= 4 is 56.0 Å². The third kappa shape index (κ3) is 6.02. The Hall–Kier alpha value is -2.77. The Morgan fingerprint density at radius 3 is 2.18 bits per heavy atom. The number of aromatic nitrogens is 1. The second-order valence-corrected chi connectivity index (χ2v) is 10.0. The third-order valence-corrected chi connectivity index (χ3v) is 7.18. The summed E-state index contributed by atoms with van der Waals surface area (Å²) in [5.41, 5.74) is 1.88. The molecule has 1 aliphatic heterocycles. The van der Waals surface area contributed by atoms with Gasteiger partial charge in [-0.2, -0.15) is 0 Å². The fourth-order valence-electron chi connectivity index (χ4n) is 4.19. The molecule has 2 heterocycles. The highest BCUT2D eigenvalue weighted by molar-refractivity contribution is 7.22. The number of rotatable bonds is 12. The minimum absolute atomic E-state index is 0.00156. The van der Waals surface area contributed by atoms with Crippen molar-refractivity contribution < 1.29 is 14.4 Å². The first kappa shape index (κ1) is 24.4. The molecule has 6 nitrogen and oxygen atoms in total. The molecule has 0 unspecified atom stereocenters. The first-order valence-corrected chi connectivity index (χ1v) is 13.0. The van der Waals surface area contributed by atoms with E-state index in [2.05, 4.69) is 10.3 Å². The second-order valence-electron chi connectivity index (χ2n) is 8.57. The van der Waals surface area contributed by atoms with Crippen LogP contribution in [-0.2, 0) is 4.79 Å². The smallest absolute Gasteiger partial charge is 0.261 e. The van der Waals surface area contributed by atoms with Crippen molar-refractivity contribution in [3.8, 4) is 0 Å². The van der Waals surface area contributed by atoms with Crippen LogP contribution in [0.4, 0.5) is 5.13 Å². The summed E-state index contributed by atoms with van der Waals surface area (Å²) >= 11 is 7.43. The van der Waals surface area contributed by atoms with Crippen LogP contribution in [0.5, 0.6) is 0 Å². The number of amides is 3. The molecular formula is C26H28ClN3O3S. The summed E-state index contributed by atoms with van der Waals surface area (Å²) in [5.74, 6) is -0.340. The molecule has 1 aliphatic rings. The average molecular weight is 498 g/mol. The number of thiazole rings is 1. The van der Waals surface area contributed by atoms with E-state index in [0.717, 1.165) is 61.6 Å². The van der Waals surface area contributed by atoms with Crippen LogP contribution in [0.2, 0.25) is 5.02 Å². The Morgan fingerprint density at radius 1 is 0.882 bits per heavy atom. The molecule has 34 heavy (non-hydrogen) atoms. The number of imide groups is 1. The second kappa shape index (κ2) is 11.6. The number of anilines is 1. The summed E-state index contributed by atoms with van der Waals surface area (Å²) < 4.78 is 0.964. The van der Waals surface area contributed by atoms with Crippen molar-refractivity contribution in [3.05, 3.63) is 58.6 Å². The van der Waals surface area contributed by atoms with Crippen LogP contribution in [0, 0.1) is 0 Å². The number of halogens is 1. The number of carbonyl (C=O) groups excluding carboxylic acids is 3. The number of nitrogens with one attached hydrogen (secondary N) is 1. The molecule has 0 bridgehead atoms. The molecular weight excluding hydrogens is 470 g/mol. The number of unbranched alkanes of at least 4 members (excludes halogenated alkanes) is 7. The summed E-state index contributed by atoms with van der Waals surface area (Å²) in [7, 11) is 0. The monoisotopic (exact) mass is 497 g/mol. The van der Waals surface area contributed by atoms with Crippen molar-refractivity contribution in [2.45, 2.75) is 57.8 Å². The SMILES string of the molecule is O=C(CCCCCCCCCCN1C(=O)c2ccccc2C1=O)Nc1nc2ccc(Cl)cc2s1. The largest absolute Gasteiger partial charge is 0.302 e. The van der Waals surface area contributed by atoms with Crippen molar-refractivity contribution in [2.75, 3.05) is 11.9 Å². The van der Waals surface area contributed by atoms with E-state index in [-0.39, 0.29) is 17.7 Å². The van der Waals surface area contributed by atoms with Gasteiger partial charge in [-0.3, -0.25) is 19.3 Å². The minimum Gasteiger partial charge on any atom is -0.302 e. The molecule has 178 valence electrons. The Kier molecular flexibility index (Phi) is 8.29. The van der Waals surface area contributed by atoms with Gasteiger partial charge in [0, 0.05) is 18.0 Å². The minimum atomic E-state index is -0.169. The van der Waals surface area contributed by atoms with Crippen LogP contribution in [0.3, 0.4) is 0 Å². The lowest BCUT2D eigenvalue weighted by Gasteiger charge is -2.13. The van der Waals surface area contributed by atoms with E-state index in [9.17, 15) is 14.4 Å². The van der Waals surface area contributed by atoms with E-state index in [0.29, 0.717) is 34.2 Å². The van der Waals surface area contributed by atoms with Crippen LogP contribution in [-0.4, -0.2) is 34.2 Å². The molecule has 4 rings (SSSR count). The Morgan fingerprint density at radius 2 is 1.50 bits per heavy atom. The van der Waals surface area contributed by atoms with Gasteiger partial charge in [0.05, 0.1) is 21.3 Å². The fraction of sp³-hybridized carbons (Fsp3) is 0.385. The molecule has 8 heteroatoms. The van der Waals surface area contributed by atoms with E-state index in [1.807, 2.05) is 12.1 Å². The highest BCUT2D eigenvalue weighted by Crippen LogP contribution is 2.28. The van der Waals surface area contributed by atoms with Crippen molar-refractivity contribution in [2.24, 2.45) is 0 Å². The zero-order chi connectivity index (χ0) is 23.9. The van der Waals surface area contributed by atoms with Crippen LogP contribution in [0.25, 0.3) is 10.2 Å². The van der Waals surface area contributed by atoms with E-state index in [4.69, 9.17) is 11.6 Å². The van der Waals surface area contributed by atoms with Crippen molar-refractivity contribution in [3.63, 3.8) is 0 Å². The van der Waals surface area contributed by atoms with Gasteiger partial charge in [-0.1, -0.05) is 73.6 Å². The quantitative estimate of drug-likeness (QED) is 0.223. The van der Waals surface area contributed by atoms with E-state index in [1.165, 1.54) is 16.2 Å². The number of hydrogen-bond acceptors (Lipinski definition) is 5.